The molecular formula is C7H16IN. The molecule has 0 unspecified atom stereocenters. The molecule has 0 aliphatic carbocycles. The lowest BCUT2D eigenvalue weighted by Crippen LogP contribution is -2.13. The Labute approximate surface area is 71.7 Å². The molecule has 2 heteroatoms. The highest BCUT2D eigenvalue weighted by Gasteiger charge is 1.84. The molecule has 0 aliphatic rings. The minimum absolute atomic E-state index is 1.12. The Morgan fingerprint density at radius 3 is 2.56 bits per heavy atom. The van der Waals surface area contributed by atoms with Crippen LogP contribution in [-0.4, -0.2) is 17.5 Å². The van der Waals surface area contributed by atoms with E-state index in [2.05, 4.69) is 34.8 Å². The highest BCUT2D eigenvalue weighted by molar-refractivity contribution is 14.1. The predicted molar refractivity (Wildman–Crippen MR) is 51.3 cm³/mol. The van der Waals surface area contributed by atoms with Gasteiger partial charge in [-0.15, -0.1) is 0 Å². The van der Waals surface area contributed by atoms with Crippen molar-refractivity contribution in [2.75, 3.05) is 17.5 Å². The largest absolute Gasteiger partial charge is 0.317 e. The Hall–Kier alpha value is 0.690. The zero-order valence-electron chi connectivity index (χ0n) is 6.12. The van der Waals surface area contributed by atoms with E-state index in [0.29, 0.717) is 0 Å². The first-order valence-corrected chi connectivity index (χ1v) is 5.21. The molecule has 0 amide bonds. The molecule has 1 nitrogen and oxygen atoms in total. The fraction of sp³-hybridized carbons (Fsp3) is 1.00. The number of nitrogens with one attached hydrogen (secondary N) is 1. The summed E-state index contributed by atoms with van der Waals surface area (Å²) in [5.74, 6) is 0. The summed E-state index contributed by atoms with van der Waals surface area (Å²) < 4.78 is 1.31. The van der Waals surface area contributed by atoms with E-state index in [9.17, 15) is 0 Å². The van der Waals surface area contributed by atoms with Gasteiger partial charge >= 0.3 is 0 Å². The van der Waals surface area contributed by atoms with Gasteiger partial charge in [0.05, 0.1) is 0 Å². The van der Waals surface area contributed by atoms with Gasteiger partial charge in [-0.25, -0.2) is 0 Å². The second-order valence-corrected chi connectivity index (χ2v) is 3.18. The van der Waals surface area contributed by atoms with Gasteiger partial charge in [0.25, 0.3) is 0 Å². The molecule has 0 spiro atoms. The fourth-order valence-corrected chi connectivity index (χ4v) is 1.24. The summed E-state index contributed by atoms with van der Waals surface area (Å²) in [5, 5.41) is 3.30. The SMILES string of the molecule is CCNCCCCCI. The summed E-state index contributed by atoms with van der Waals surface area (Å²) in [6, 6.07) is 0. The number of hydrogen-bond donors (Lipinski definition) is 1. The van der Waals surface area contributed by atoms with Crippen LogP contribution in [0.3, 0.4) is 0 Å². The van der Waals surface area contributed by atoms with E-state index < -0.39 is 0 Å². The van der Waals surface area contributed by atoms with Crippen LogP contribution in [0, 0.1) is 0 Å². The van der Waals surface area contributed by atoms with Gasteiger partial charge in [-0.1, -0.05) is 35.9 Å². The molecule has 0 atom stereocenters. The van der Waals surface area contributed by atoms with Crippen molar-refractivity contribution in [1.29, 1.82) is 0 Å². The lowest BCUT2D eigenvalue weighted by molar-refractivity contribution is 0.637. The van der Waals surface area contributed by atoms with Gasteiger partial charge in [0.1, 0.15) is 0 Å². The zero-order valence-corrected chi connectivity index (χ0v) is 8.28. The van der Waals surface area contributed by atoms with Gasteiger partial charge in [-0.3, -0.25) is 0 Å². The monoisotopic (exact) mass is 241 g/mol. The van der Waals surface area contributed by atoms with E-state index >= 15 is 0 Å². The Balaban J connectivity index is 2.60. The lowest BCUT2D eigenvalue weighted by Gasteiger charge is -1.98. The van der Waals surface area contributed by atoms with E-state index in [1.807, 2.05) is 0 Å². The molecule has 0 aliphatic heterocycles. The highest BCUT2D eigenvalue weighted by atomic mass is 127. The number of hydrogen-bond acceptors (Lipinski definition) is 1. The van der Waals surface area contributed by atoms with E-state index in [-0.39, 0.29) is 0 Å². The van der Waals surface area contributed by atoms with E-state index in [1.165, 1.54) is 30.2 Å². The van der Waals surface area contributed by atoms with Crippen LogP contribution in [0.1, 0.15) is 26.2 Å². The van der Waals surface area contributed by atoms with Crippen LogP contribution in [0.2, 0.25) is 0 Å². The summed E-state index contributed by atoms with van der Waals surface area (Å²) in [7, 11) is 0. The molecule has 0 fully saturated rings. The summed E-state index contributed by atoms with van der Waals surface area (Å²) in [6.07, 6.45) is 4.11. The van der Waals surface area contributed by atoms with Gasteiger partial charge in [-0.05, 0) is 30.4 Å². The maximum Gasteiger partial charge on any atom is -0.000472 e. The third kappa shape index (κ3) is 8.69. The van der Waals surface area contributed by atoms with Crippen LogP contribution in [0.4, 0.5) is 0 Å². The average Bonchev–Trinajstić information content (AvgIpc) is 1.89. The maximum atomic E-state index is 3.30. The van der Waals surface area contributed by atoms with Gasteiger partial charge in [0.15, 0.2) is 0 Å². The quantitative estimate of drug-likeness (QED) is 0.427. The standard InChI is InChI=1S/C7H16IN/c1-2-9-7-5-3-4-6-8/h9H,2-7H2,1H3. The fourth-order valence-electron chi connectivity index (χ4n) is 0.698. The lowest BCUT2D eigenvalue weighted by atomic mass is 10.2. The minimum Gasteiger partial charge on any atom is -0.317 e. The molecule has 0 aromatic heterocycles. The third-order valence-electron chi connectivity index (χ3n) is 1.24. The molecule has 0 saturated heterocycles. The molecule has 56 valence electrons. The van der Waals surface area contributed by atoms with Crippen molar-refractivity contribution in [2.45, 2.75) is 26.2 Å². The third-order valence-corrected chi connectivity index (χ3v) is 2.00. The molecular weight excluding hydrogens is 225 g/mol. The van der Waals surface area contributed by atoms with Crippen molar-refractivity contribution in [3.8, 4) is 0 Å². The van der Waals surface area contributed by atoms with Crippen molar-refractivity contribution in [1.82, 2.24) is 5.32 Å². The van der Waals surface area contributed by atoms with E-state index in [1.54, 1.807) is 0 Å². The van der Waals surface area contributed by atoms with Crippen LogP contribution in [-0.2, 0) is 0 Å². The smallest absolute Gasteiger partial charge is 0.000472 e. The first kappa shape index (κ1) is 9.69. The summed E-state index contributed by atoms with van der Waals surface area (Å²) >= 11 is 2.43. The zero-order chi connectivity index (χ0) is 6.95. The molecule has 0 aromatic carbocycles. The molecule has 9 heavy (non-hydrogen) atoms. The molecule has 0 rings (SSSR count). The Morgan fingerprint density at radius 2 is 2.00 bits per heavy atom. The van der Waals surface area contributed by atoms with Crippen LogP contribution in [0.25, 0.3) is 0 Å². The van der Waals surface area contributed by atoms with E-state index in [4.69, 9.17) is 0 Å². The number of unbranched alkanes of at least 4 members (excludes halogenated alkanes) is 2. The first-order valence-electron chi connectivity index (χ1n) is 3.68. The predicted octanol–water partition coefficient (Wildman–Crippen LogP) is 2.20. The second-order valence-electron chi connectivity index (χ2n) is 2.10. The maximum absolute atomic E-state index is 3.30. The van der Waals surface area contributed by atoms with Gasteiger partial charge in [0, 0.05) is 0 Å². The molecule has 0 heterocycles. The Kier molecular flexibility index (Phi) is 9.36. The van der Waals surface area contributed by atoms with Crippen LogP contribution in [0.5, 0.6) is 0 Å². The Bertz CT molecular complexity index is 42.2. The topological polar surface area (TPSA) is 12.0 Å². The molecule has 1 N–H and O–H groups in total. The second kappa shape index (κ2) is 8.69. The summed E-state index contributed by atoms with van der Waals surface area (Å²) in [6.45, 7) is 4.47. The van der Waals surface area contributed by atoms with Crippen LogP contribution < -0.4 is 5.32 Å². The molecule has 0 bridgehead atoms. The van der Waals surface area contributed by atoms with Crippen LogP contribution >= 0.6 is 22.6 Å². The summed E-state index contributed by atoms with van der Waals surface area (Å²) in [5.41, 5.74) is 0. The van der Waals surface area contributed by atoms with Gasteiger partial charge in [-0.2, -0.15) is 0 Å². The van der Waals surface area contributed by atoms with Crippen molar-refractivity contribution in [3.05, 3.63) is 0 Å². The van der Waals surface area contributed by atoms with Crippen molar-refractivity contribution < 1.29 is 0 Å². The van der Waals surface area contributed by atoms with Gasteiger partial charge < -0.3 is 5.32 Å². The normalized spacial score (nSPS) is 10.0. The van der Waals surface area contributed by atoms with Crippen LogP contribution in [0.15, 0.2) is 0 Å². The Morgan fingerprint density at radius 1 is 1.22 bits per heavy atom. The highest BCUT2D eigenvalue weighted by Crippen LogP contribution is 1.96. The number of rotatable bonds is 6. The first-order chi connectivity index (χ1) is 4.41. The van der Waals surface area contributed by atoms with Crippen molar-refractivity contribution in [2.24, 2.45) is 0 Å². The number of halogens is 1. The minimum atomic E-state index is 1.12. The van der Waals surface area contributed by atoms with E-state index in [0.717, 1.165) is 6.54 Å². The summed E-state index contributed by atoms with van der Waals surface area (Å²) in [4.78, 5) is 0. The molecule has 0 aromatic rings. The van der Waals surface area contributed by atoms with Crippen molar-refractivity contribution >= 4 is 22.6 Å². The molecule has 0 saturated carbocycles. The molecule has 0 radical (unpaired) electrons. The van der Waals surface area contributed by atoms with Gasteiger partial charge in [0.2, 0.25) is 0 Å². The average molecular weight is 241 g/mol. The van der Waals surface area contributed by atoms with Crippen molar-refractivity contribution in [3.63, 3.8) is 0 Å². The number of alkyl halides is 1.